The number of nitrogens with zero attached hydrogens (tertiary/aromatic N) is 3. The number of ether oxygens (including phenoxy) is 2. The van der Waals surface area contributed by atoms with Crippen LogP contribution >= 0.6 is 24.0 Å². The summed E-state index contributed by atoms with van der Waals surface area (Å²) in [4.78, 5) is 21.7. The second-order valence-corrected chi connectivity index (χ2v) is 7.77. The number of methoxy groups -OCH3 is 1. The van der Waals surface area contributed by atoms with Crippen molar-refractivity contribution in [2.45, 2.75) is 52.5 Å². The number of aliphatic imine (C=N–C) groups is 1. The van der Waals surface area contributed by atoms with Gasteiger partial charge in [0.2, 0.25) is 0 Å². The molecule has 0 aromatic heterocycles. The van der Waals surface area contributed by atoms with Crippen molar-refractivity contribution in [3.8, 4) is 0 Å². The van der Waals surface area contributed by atoms with Crippen LogP contribution in [0, 0.1) is 11.8 Å². The van der Waals surface area contributed by atoms with Crippen molar-refractivity contribution in [3.63, 3.8) is 0 Å². The van der Waals surface area contributed by atoms with Crippen molar-refractivity contribution in [2.24, 2.45) is 16.8 Å². The molecule has 0 amide bonds. The molecule has 0 aromatic rings. The van der Waals surface area contributed by atoms with Crippen molar-refractivity contribution in [1.82, 2.24) is 15.1 Å². The molecule has 7 nitrogen and oxygen atoms in total. The molecule has 2 aliphatic heterocycles. The highest BCUT2D eigenvalue weighted by molar-refractivity contribution is 14.0. The summed E-state index contributed by atoms with van der Waals surface area (Å²) in [5.41, 5.74) is 0. The Labute approximate surface area is 194 Å². The predicted molar refractivity (Wildman–Crippen MR) is 128 cm³/mol. The summed E-state index contributed by atoms with van der Waals surface area (Å²) >= 11 is 0. The lowest BCUT2D eigenvalue weighted by molar-refractivity contribution is -0.146. The highest BCUT2D eigenvalue weighted by Crippen LogP contribution is 2.22. The SMILES string of the molecule is CCNC(=NCC(C(CC)CC)N1CCOCC1)N1CCC(C(=O)OC)CC1.I. The standard InChI is InChI=1S/C21H40N4O3.HI/c1-5-17(6-2)19(24-12-14-28-15-13-24)16-23-21(22-7-3)25-10-8-18(9-11-25)20(26)27-4;/h17-19H,5-16H2,1-4H3,(H,22,23);1H. The number of likely N-dealkylation sites (tertiary alicyclic amines) is 1. The number of rotatable bonds is 8. The number of morpholine rings is 1. The lowest BCUT2D eigenvalue weighted by atomic mass is 9.92. The van der Waals surface area contributed by atoms with Crippen LogP contribution < -0.4 is 5.32 Å². The molecule has 1 atom stereocenters. The van der Waals surface area contributed by atoms with E-state index in [2.05, 4.69) is 35.9 Å². The summed E-state index contributed by atoms with van der Waals surface area (Å²) in [5, 5.41) is 3.46. The summed E-state index contributed by atoms with van der Waals surface area (Å²) in [6, 6.07) is 0.458. The Kier molecular flexibility index (Phi) is 13.1. The van der Waals surface area contributed by atoms with Crippen LogP contribution in [0.1, 0.15) is 46.5 Å². The third-order valence-electron chi connectivity index (χ3n) is 6.20. The zero-order valence-corrected chi connectivity index (χ0v) is 21.0. The predicted octanol–water partition coefficient (Wildman–Crippen LogP) is 2.59. The average molecular weight is 524 g/mol. The zero-order valence-electron chi connectivity index (χ0n) is 18.7. The fourth-order valence-corrected chi connectivity index (χ4v) is 4.40. The molecule has 2 fully saturated rings. The maximum atomic E-state index is 11.8. The molecule has 0 spiro atoms. The molecule has 170 valence electrons. The first-order chi connectivity index (χ1) is 13.6. The quantitative estimate of drug-likeness (QED) is 0.228. The number of hydrogen-bond donors (Lipinski definition) is 1. The number of guanidine groups is 1. The highest BCUT2D eigenvalue weighted by atomic mass is 127. The molecule has 29 heavy (non-hydrogen) atoms. The number of hydrogen-bond acceptors (Lipinski definition) is 5. The van der Waals surface area contributed by atoms with Gasteiger partial charge in [0.25, 0.3) is 0 Å². The zero-order chi connectivity index (χ0) is 20.4. The Balaban J connectivity index is 0.00000420. The van der Waals surface area contributed by atoms with E-state index in [0.29, 0.717) is 12.0 Å². The van der Waals surface area contributed by atoms with Gasteiger partial charge < -0.3 is 19.7 Å². The smallest absolute Gasteiger partial charge is 0.308 e. The molecule has 2 rings (SSSR count). The molecule has 2 saturated heterocycles. The minimum atomic E-state index is -0.0808. The molecule has 0 saturated carbocycles. The molecule has 1 N–H and O–H groups in total. The third kappa shape index (κ3) is 7.86. The van der Waals surface area contributed by atoms with E-state index in [-0.39, 0.29) is 35.9 Å². The van der Waals surface area contributed by atoms with Gasteiger partial charge in [-0.25, -0.2) is 0 Å². The number of halogens is 1. The summed E-state index contributed by atoms with van der Waals surface area (Å²) in [7, 11) is 1.48. The van der Waals surface area contributed by atoms with E-state index in [1.165, 1.54) is 20.0 Å². The number of carbonyl (C=O) groups is 1. The van der Waals surface area contributed by atoms with E-state index in [1.54, 1.807) is 0 Å². The number of nitrogens with one attached hydrogen (secondary N) is 1. The summed E-state index contributed by atoms with van der Waals surface area (Å²) in [6.45, 7) is 13.7. The first-order valence-corrected chi connectivity index (χ1v) is 11.1. The van der Waals surface area contributed by atoms with Crippen LogP contribution in [0.15, 0.2) is 4.99 Å². The van der Waals surface area contributed by atoms with E-state index < -0.39 is 0 Å². The molecule has 2 heterocycles. The van der Waals surface area contributed by atoms with E-state index in [9.17, 15) is 4.79 Å². The van der Waals surface area contributed by atoms with Crippen LogP contribution in [0.2, 0.25) is 0 Å². The average Bonchev–Trinajstić information content (AvgIpc) is 2.76. The molecule has 2 aliphatic rings. The minimum absolute atomic E-state index is 0. The summed E-state index contributed by atoms with van der Waals surface area (Å²) < 4.78 is 10.5. The van der Waals surface area contributed by atoms with Crippen LogP contribution in [-0.4, -0.2) is 87.4 Å². The lowest BCUT2D eigenvalue weighted by Crippen LogP contribution is -2.50. The Morgan fingerprint density at radius 1 is 1.14 bits per heavy atom. The maximum absolute atomic E-state index is 11.8. The van der Waals surface area contributed by atoms with Crippen molar-refractivity contribution in [2.75, 3.05) is 59.6 Å². The fraction of sp³-hybridized carbons (Fsp3) is 0.905. The monoisotopic (exact) mass is 524 g/mol. The van der Waals surface area contributed by atoms with Gasteiger partial charge in [0.15, 0.2) is 5.96 Å². The van der Waals surface area contributed by atoms with Gasteiger partial charge in [0.1, 0.15) is 0 Å². The van der Waals surface area contributed by atoms with E-state index >= 15 is 0 Å². The highest BCUT2D eigenvalue weighted by Gasteiger charge is 2.29. The Morgan fingerprint density at radius 3 is 2.28 bits per heavy atom. The normalized spacial score (nSPS) is 20.3. The largest absolute Gasteiger partial charge is 0.469 e. The molecular weight excluding hydrogens is 483 g/mol. The number of esters is 1. The van der Waals surface area contributed by atoms with Gasteiger partial charge in [0, 0.05) is 38.8 Å². The molecule has 0 aromatic carbocycles. The van der Waals surface area contributed by atoms with Gasteiger partial charge in [0.05, 0.1) is 32.8 Å². The molecule has 0 radical (unpaired) electrons. The number of carbonyl (C=O) groups excluding carboxylic acids is 1. The maximum Gasteiger partial charge on any atom is 0.308 e. The van der Waals surface area contributed by atoms with Crippen LogP contribution in [-0.2, 0) is 14.3 Å². The van der Waals surface area contributed by atoms with Crippen LogP contribution in [0.4, 0.5) is 0 Å². The lowest BCUT2D eigenvalue weighted by Gasteiger charge is -2.38. The summed E-state index contributed by atoms with van der Waals surface area (Å²) in [5.74, 6) is 1.57. The van der Waals surface area contributed by atoms with Gasteiger partial charge in [-0.15, -0.1) is 24.0 Å². The molecular formula is C21H41IN4O3. The van der Waals surface area contributed by atoms with Gasteiger partial charge in [-0.05, 0) is 25.7 Å². The van der Waals surface area contributed by atoms with Gasteiger partial charge in [-0.3, -0.25) is 14.7 Å². The minimum Gasteiger partial charge on any atom is -0.469 e. The second kappa shape index (κ2) is 14.4. The first kappa shape index (κ1) is 26.4. The number of piperidine rings is 1. The Morgan fingerprint density at radius 2 is 1.76 bits per heavy atom. The fourth-order valence-electron chi connectivity index (χ4n) is 4.40. The van der Waals surface area contributed by atoms with Crippen molar-refractivity contribution < 1.29 is 14.3 Å². The summed E-state index contributed by atoms with van der Waals surface area (Å²) in [6.07, 6.45) is 4.01. The third-order valence-corrected chi connectivity index (χ3v) is 6.20. The Bertz CT molecular complexity index is 488. The molecule has 1 unspecified atom stereocenters. The first-order valence-electron chi connectivity index (χ1n) is 11.1. The van der Waals surface area contributed by atoms with E-state index in [1.807, 2.05) is 0 Å². The van der Waals surface area contributed by atoms with Crippen molar-refractivity contribution in [3.05, 3.63) is 0 Å². The van der Waals surface area contributed by atoms with Crippen LogP contribution in [0.25, 0.3) is 0 Å². The van der Waals surface area contributed by atoms with Gasteiger partial charge in [-0.2, -0.15) is 0 Å². The Hall–Kier alpha value is -0.610. The molecule has 8 heteroatoms. The molecule has 0 bridgehead atoms. The van der Waals surface area contributed by atoms with Crippen molar-refractivity contribution in [1.29, 1.82) is 0 Å². The van der Waals surface area contributed by atoms with Crippen LogP contribution in [0.5, 0.6) is 0 Å². The van der Waals surface area contributed by atoms with Gasteiger partial charge >= 0.3 is 5.97 Å². The topological polar surface area (TPSA) is 66.4 Å². The van der Waals surface area contributed by atoms with E-state index in [4.69, 9.17) is 14.5 Å². The van der Waals surface area contributed by atoms with E-state index in [0.717, 1.165) is 71.3 Å². The molecule has 0 aliphatic carbocycles. The second-order valence-electron chi connectivity index (χ2n) is 7.77. The van der Waals surface area contributed by atoms with Crippen molar-refractivity contribution >= 4 is 35.9 Å². The van der Waals surface area contributed by atoms with Gasteiger partial charge in [-0.1, -0.05) is 26.7 Å². The van der Waals surface area contributed by atoms with Crippen LogP contribution in [0.3, 0.4) is 0 Å².